The normalized spacial score (nSPS) is 14.2. The number of anilines is 4. The van der Waals surface area contributed by atoms with E-state index in [0.29, 0.717) is 33.9 Å². The second-order valence-corrected chi connectivity index (χ2v) is 31.9. The number of imide groups is 4. The van der Waals surface area contributed by atoms with Crippen molar-refractivity contribution in [3.63, 3.8) is 0 Å². The Morgan fingerprint density at radius 2 is 0.388 bits per heavy atom. The van der Waals surface area contributed by atoms with Crippen LogP contribution < -0.4 is 19.6 Å². The maximum absolute atomic E-state index is 15.6. The van der Waals surface area contributed by atoms with Crippen molar-refractivity contribution in [3.8, 4) is 34.2 Å². The predicted molar refractivity (Wildman–Crippen MR) is 471 cm³/mol. The van der Waals surface area contributed by atoms with Crippen molar-refractivity contribution in [1.29, 1.82) is 0 Å². The number of phenols is 2. The summed E-state index contributed by atoms with van der Waals surface area (Å²) in [5, 5.41) is 32.4. The van der Waals surface area contributed by atoms with Gasteiger partial charge in [-0.25, -0.2) is 19.6 Å². The number of para-hydroxylation sites is 8. The molecule has 2 N–H and O–H groups in total. The number of fused-ring (bicyclic) bond motifs is 12. The largest absolute Gasteiger partial charge is 0.506 e. The first kappa shape index (κ1) is 68.8. The first-order valence-electron chi connectivity index (χ1n) is 39.6. The number of aromatic hydroxyl groups is 2. The van der Waals surface area contributed by atoms with Gasteiger partial charge in [-0.05, 0) is 169 Å². The van der Waals surface area contributed by atoms with Crippen molar-refractivity contribution < 1.29 is 48.6 Å². The molecule has 4 aliphatic heterocycles. The number of amides is 8. The Morgan fingerprint density at radius 3 is 0.595 bits per heavy atom. The fraction of sp³-hybridized carbons (Fsp3) is 0.0291. The van der Waals surface area contributed by atoms with Crippen molar-refractivity contribution >= 4 is 179 Å². The second-order valence-electron chi connectivity index (χ2n) is 31.9. The van der Waals surface area contributed by atoms with Crippen LogP contribution in [0.3, 0.4) is 0 Å². The number of phenolic OH excluding ortho intramolecular Hbond substituents is 2. The van der Waals surface area contributed by atoms with Gasteiger partial charge in [-0.1, -0.05) is 172 Å². The third-order valence-corrected chi connectivity index (χ3v) is 25.3. The number of carbonyl (C=O) groups is 8. The summed E-state index contributed by atoms with van der Waals surface area (Å²) in [5.41, 5.74) is 10.3. The number of hydrogen-bond acceptors (Lipinski definition) is 10. The van der Waals surface area contributed by atoms with Crippen molar-refractivity contribution in [3.05, 3.63) is 371 Å². The van der Waals surface area contributed by atoms with Crippen molar-refractivity contribution in [2.45, 2.75) is 19.3 Å². The van der Waals surface area contributed by atoms with E-state index in [9.17, 15) is 10.2 Å². The van der Waals surface area contributed by atoms with Gasteiger partial charge in [-0.15, -0.1) is 0 Å². The molecule has 0 spiro atoms. The zero-order valence-corrected chi connectivity index (χ0v) is 64.3. The molecule has 0 atom stereocenters. The van der Waals surface area contributed by atoms with Crippen LogP contribution in [0, 0.1) is 0 Å². The Bertz CT molecular complexity index is 7240. The summed E-state index contributed by atoms with van der Waals surface area (Å²) in [5.74, 6) is -6.92. The standard InChI is InChI=1S/C103H60N8O10/c1-103(2,55-35-45-89(112)87(47-55)110-99(118)75-41-37-71-91-72(38-42-76(93(75)91)100(110)119)96(115)108(95(71)114)61-51-57(104-79-27-11-3-19-63(79)64-20-4-12-28-80(64)104)49-58(52-61)105-81-29-13-5-21-65(81)66-22-6-14-30-82(66)105)56-36-46-90(113)88(48-56)111-101(120)77-43-39-73-92-74(40-44-78(94(77)92)102(111)121)98(117)109(97(73)116)62-53-59(106-83-31-15-7-23-67(83)68-24-8-16-32-84(68)106)50-60(54-62)107-85-33-17-9-25-69(85)70-26-10-18-34-86(70)107/h3-54,112-113H,1-2H3. The Balaban J connectivity index is 0.555. The molecule has 18 nitrogen and oxygen atoms in total. The van der Waals surface area contributed by atoms with Crippen LogP contribution in [0.2, 0.25) is 0 Å². The molecule has 572 valence electrons. The van der Waals surface area contributed by atoms with Crippen LogP contribution in [0.1, 0.15) is 108 Å². The maximum atomic E-state index is 15.6. The highest BCUT2D eigenvalue weighted by atomic mass is 16.3. The van der Waals surface area contributed by atoms with Gasteiger partial charge in [-0.2, -0.15) is 0 Å². The minimum atomic E-state index is -1.16. The average Bonchev–Trinajstić information content (AvgIpc) is 1.43. The molecular formula is C103H60N8O10. The Hall–Kier alpha value is -16.6. The third kappa shape index (κ3) is 9.34. The smallest absolute Gasteiger partial charge is 0.266 e. The van der Waals surface area contributed by atoms with E-state index in [4.69, 9.17) is 0 Å². The van der Waals surface area contributed by atoms with Crippen LogP contribution >= 0.6 is 0 Å². The minimum absolute atomic E-state index is 0.000455. The zero-order chi connectivity index (χ0) is 81.6. The highest BCUT2D eigenvalue weighted by Crippen LogP contribution is 2.50. The number of hydrogen-bond donors (Lipinski definition) is 2. The van der Waals surface area contributed by atoms with E-state index in [1.54, 1.807) is 12.1 Å². The van der Waals surface area contributed by atoms with Crippen LogP contribution in [0.25, 0.3) is 132 Å². The van der Waals surface area contributed by atoms with Gasteiger partial charge in [0, 0.05) is 115 Å². The first-order valence-corrected chi connectivity index (χ1v) is 39.6. The number of aromatic nitrogens is 4. The molecule has 8 amide bonds. The number of nitrogens with zero attached hydrogens (tertiary/aromatic N) is 8. The van der Waals surface area contributed by atoms with Crippen LogP contribution in [-0.2, 0) is 5.41 Å². The summed E-state index contributed by atoms with van der Waals surface area (Å²) in [6, 6.07) is 97.1. The fourth-order valence-corrected chi connectivity index (χ4v) is 19.7. The topological polar surface area (TPSA) is 210 Å². The summed E-state index contributed by atoms with van der Waals surface area (Å²) in [6.07, 6.45) is 0. The summed E-state index contributed by atoms with van der Waals surface area (Å²) >= 11 is 0. The predicted octanol–water partition coefficient (Wildman–Crippen LogP) is 21.3. The fourth-order valence-electron chi connectivity index (χ4n) is 19.7. The molecule has 0 bridgehead atoms. The van der Waals surface area contributed by atoms with E-state index in [1.807, 2.05) is 184 Å². The van der Waals surface area contributed by atoms with Gasteiger partial charge in [0.25, 0.3) is 47.3 Å². The zero-order valence-electron chi connectivity index (χ0n) is 64.3. The van der Waals surface area contributed by atoms with Gasteiger partial charge in [-0.3, -0.25) is 38.4 Å². The van der Waals surface area contributed by atoms with Gasteiger partial charge in [0.1, 0.15) is 11.5 Å². The Kier molecular flexibility index (Phi) is 14.1. The molecule has 16 aromatic carbocycles. The average molecular weight is 1570 g/mol. The van der Waals surface area contributed by atoms with Crippen LogP contribution in [0.4, 0.5) is 22.7 Å². The molecule has 0 aliphatic carbocycles. The van der Waals surface area contributed by atoms with E-state index < -0.39 is 64.2 Å². The summed E-state index contributed by atoms with van der Waals surface area (Å²) in [4.78, 5) is 128. The van der Waals surface area contributed by atoms with Gasteiger partial charge in [0.2, 0.25) is 0 Å². The lowest BCUT2D eigenvalue weighted by Gasteiger charge is -2.34. The molecule has 8 heterocycles. The second kappa shape index (κ2) is 24.7. The number of benzene rings is 16. The Morgan fingerprint density at radius 1 is 0.207 bits per heavy atom. The molecular weight excluding hydrogens is 1510 g/mol. The van der Waals surface area contributed by atoms with Gasteiger partial charge >= 0.3 is 0 Å². The van der Waals surface area contributed by atoms with Crippen LogP contribution in [-0.4, -0.2) is 75.7 Å². The van der Waals surface area contributed by atoms with E-state index in [-0.39, 0.29) is 88.8 Å². The maximum Gasteiger partial charge on any atom is 0.266 e. The SMILES string of the molecule is CC(C)(c1ccc(O)c(N2C(=O)c3ccc4c5c(ccc(c35)C2=O)C(=O)N(c2cc(-n3c5ccccc5c5ccccc53)cc(-n3c5ccccc5c5ccccc53)c2)C4=O)c1)c1ccc(O)c(N2C(=O)c3ccc4c5c(ccc(c35)C2=O)C(=O)N(c2cc(-n3c5ccccc5c5ccccc53)cc(-n3c5ccccc5c5ccccc53)c2)C4=O)c1. The lowest BCUT2D eigenvalue weighted by Crippen LogP contribution is -2.43. The number of carbonyl (C=O) groups excluding carboxylic acids is 8. The monoisotopic (exact) mass is 1570 g/mol. The van der Waals surface area contributed by atoms with E-state index in [0.717, 1.165) is 97.0 Å². The molecule has 0 fully saturated rings. The third-order valence-electron chi connectivity index (χ3n) is 25.3. The molecule has 20 aromatic rings. The van der Waals surface area contributed by atoms with Gasteiger partial charge in [0.05, 0.1) is 89.6 Å². The van der Waals surface area contributed by atoms with Crippen LogP contribution in [0.15, 0.2) is 315 Å². The van der Waals surface area contributed by atoms with E-state index >= 15 is 38.4 Å². The molecule has 0 saturated carbocycles. The lowest BCUT2D eigenvalue weighted by atomic mass is 9.77. The Labute approximate surface area is 685 Å². The highest BCUT2D eigenvalue weighted by Gasteiger charge is 2.45. The summed E-state index contributed by atoms with van der Waals surface area (Å²) < 4.78 is 8.55. The van der Waals surface area contributed by atoms with Crippen molar-refractivity contribution in [2.24, 2.45) is 0 Å². The van der Waals surface area contributed by atoms with Crippen molar-refractivity contribution in [2.75, 3.05) is 19.6 Å². The molecule has 18 heteroatoms. The quantitative estimate of drug-likeness (QED) is 0.124. The van der Waals surface area contributed by atoms with Crippen LogP contribution in [0.5, 0.6) is 11.5 Å². The molecule has 0 radical (unpaired) electrons. The molecule has 0 saturated heterocycles. The highest BCUT2D eigenvalue weighted by molar-refractivity contribution is 6.44. The van der Waals surface area contributed by atoms with E-state index in [2.05, 4.69) is 78.9 Å². The minimum Gasteiger partial charge on any atom is -0.506 e. The van der Waals surface area contributed by atoms with E-state index in [1.165, 1.54) is 82.6 Å². The summed E-state index contributed by atoms with van der Waals surface area (Å²) in [7, 11) is 0. The first-order chi connectivity index (χ1) is 59.0. The number of rotatable bonds is 10. The molecule has 121 heavy (non-hydrogen) atoms. The van der Waals surface area contributed by atoms with Gasteiger partial charge in [0.15, 0.2) is 0 Å². The lowest BCUT2D eigenvalue weighted by molar-refractivity contribution is 0.0872. The molecule has 4 aliphatic rings. The molecule has 0 unspecified atom stereocenters. The van der Waals surface area contributed by atoms with Crippen molar-refractivity contribution in [1.82, 2.24) is 18.3 Å². The molecule has 24 rings (SSSR count). The van der Waals surface area contributed by atoms with Gasteiger partial charge < -0.3 is 28.5 Å². The summed E-state index contributed by atoms with van der Waals surface area (Å²) in [6.45, 7) is 3.64. The molecule has 4 aromatic heterocycles.